The van der Waals surface area contributed by atoms with Crippen LogP contribution in [0.15, 0.2) is 23.8 Å². The molecule has 0 aromatic rings. The van der Waals surface area contributed by atoms with Crippen molar-refractivity contribution in [2.24, 2.45) is 0 Å². The minimum atomic E-state index is 0.594. The number of nitrogens with zero attached hydrogens (tertiary/aromatic N) is 1. The van der Waals surface area contributed by atoms with Crippen molar-refractivity contribution < 1.29 is 0 Å². The molecule has 0 radical (unpaired) electrons. The van der Waals surface area contributed by atoms with Gasteiger partial charge in [-0.15, -0.1) is 6.58 Å². The molecule has 0 aromatic carbocycles. The molecule has 0 amide bonds. The molecule has 80 valence electrons. The maximum Gasteiger partial charge on any atom is 0.0199 e. The van der Waals surface area contributed by atoms with Crippen molar-refractivity contribution in [2.45, 2.75) is 26.8 Å². The maximum absolute atomic E-state index is 3.80. The number of nitrogens with one attached hydrogen (secondary N) is 1. The van der Waals surface area contributed by atoms with Crippen LogP contribution >= 0.6 is 0 Å². The molecule has 1 aliphatic rings. The highest BCUT2D eigenvalue weighted by Crippen LogP contribution is 2.11. The van der Waals surface area contributed by atoms with Gasteiger partial charge in [0.2, 0.25) is 0 Å². The van der Waals surface area contributed by atoms with Crippen molar-refractivity contribution in [1.82, 2.24) is 10.2 Å². The molecular formula is C12H22N2. The van der Waals surface area contributed by atoms with Crippen molar-refractivity contribution in [2.75, 3.05) is 26.2 Å². The Morgan fingerprint density at radius 1 is 1.57 bits per heavy atom. The third-order valence-electron chi connectivity index (χ3n) is 2.81. The Balaban J connectivity index is 2.49. The van der Waals surface area contributed by atoms with E-state index in [-0.39, 0.29) is 0 Å². The van der Waals surface area contributed by atoms with E-state index in [1.807, 2.05) is 6.08 Å². The van der Waals surface area contributed by atoms with Gasteiger partial charge >= 0.3 is 0 Å². The zero-order chi connectivity index (χ0) is 10.6. The third-order valence-corrected chi connectivity index (χ3v) is 2.81. The third kappa shape index (κ3) is 2.96. The van der Waals surface area contributed by atoms with Crippen molar-refractivity contribution in [3.05, 3.63) is 23.8 Å². The lowest BCUT2D eigenvalue weighted by atomic mass is 10.0. The second-order valence-electron chi connectivity index (χ2n) is 4.30. The molecule has 1 rings (SSSR count). The van der Waals surface area contributed by atoms with Crippen LogP contribution in [0.2, 0.25) is 0 Å². The number of hydrogen-bond donors (Lipinski definition) is 1. The average molecular weight is 194 g/mol. The zero-order valence-electron chi connectivity index (χ0n) is 9.64. The molecule has 1 N–H and O–H groups in total. The van der Waals surface area contributed by atoms with Gasteiger partial charge in [-0.3, -0.25) is 4.90 Å². The Bertz CT molecular complexity index is 222. The highest BCUT2D eigenvalue weighted by molar-refractivity contribution is 5.22. The first-order valence-electron chi connectivity index (χ1n) is 5.38. The van der Waals surface area contributed by atoms with Crippen LogP contribution in [-0.4, -0.2) is 37.1 Å². The summed E-state index contributed by atoms with van der Waals surface area (Å²) in [5.74, 6) is 0. The molecular weight excluding hydrogens is 172 g/mol. The van der Waals surface area contributed by atoms with Crippen LogP contribution in [0.3, 0.4) is 0 Å². The fourth-order valence-electron chi connectivity index (χ4n) is 1.59. The van der Waals surface area contributed by atoms with Crippen LogP contribution in [0.1, 0.15) is 20.8 Å². The SMILES string of the molecule is C=CCN(CC(C)=C1CNC1)C(C)C. The predicted molar refractivity (Wildman–Crippen MR) is 62.5 cm³/mol. The lowest BCUT2D eigenvalue weighted by Crippen LogP contribution is -2.38. The summed E-state index contributed by atoms with van der Waals surface area (Å²) < 4.78 is 0. The molecule has 0 bridgehead atoms. The Morgan fingerprint density at radius 2 is 2.21 bits per heavy atom. The van der Waals surface area contributed by atoms with Crippen LogP contribution in [0.25, 0.3) is 0 Å². The van der Waals surface area contributed by atoms with Gasteiger partial charge < -0.3 is 5.32 Å². The molecule has 1 fully saturated rings. The molecule has 0 aromatic heterocycles. The van der Waals surface area contributed by atoms with Gasteiger partial charge in [-0.1, -0.05) is 11.6 Å². The summed E-state index contributed by atoms with van der Waals surface area (Å²) in [6, 6.07) is 0.594. The van der Waals surface area contributed by atoms with E-state index in [1.165, 1.54) is 5.57 Å². The quantitative estimate of drug-likeness (QED) is 0.671. The molecule has 14 heavy (non-hydrogen) atoms. The molecule has 1 aliphatic heterocycles. The highest BCUT2D eigenvalue weighted by atomic mass is 15.1. The van der Waals surface area contributed by atoms with E-state index in [4.69, 9.17) is 0 Å². The fourth-order valence-corrected chi connectivity index (χ4v) is 1.59. The van der Waals surface area contributed by atoms with Gasteiger partial charge in [0.25, 0.3) is 0 Å². The average Bonchev–Trinajstić information content (AvgIpc) is 1.99. The standard InChI is InChI=1S/C12H22N2/c1-5-6-14(10(2)3)9-11(4)12-7-13-8-12/h5,10,13H,1,6-9H2,2-4H3. The number of hydrogen-bond acceptors (Lipinski definition) is 2. The van der Waals surface area contributed by atoms with E-state index in [9.17, 15) is 0 Å². The first-order chi connectivity index (χ1) is 6.65. The Kier molecular flexibility index (Phi) is 4.36. The molecule has 2 nitrogen and oxygen atoms in total. The largest absolute Gasteiger partial charge is 0.309 e. The minimum Gasteiger partial charge on any atom is -0.309 e. The van der Waals surface area contributed by atoms with Gasteiger partial charge in [0.05, 0.1) is 0 Å². The van der Waals surface area contributed by atoms with Gasteiger partial charge in [-0.05, 0) is 26.3 Å². The van der Waals surface area contributed by atoms with Crippen LogP contribution in [0.5, 0.6) is 0 Å². The van der Waals surface area contributed by atoms with E-state index >= 15 is 0 Å². The van der Waals surface area contributed by atoms with Gasteiger partial charge in [0.15, 0.2) is 0 Å². The molecule has 0 atom stereocenters. The van der Waals surface area contributed by atoms with E-state index in [2.05, 4.69) is 37.6 Å². The summed E-state index contributed by atoms with van der Waals surface area (Å²) in [7, 11) is 0. The molecule has 0 spiro atoms. The van der Waals surface area contributed by atoms with E-state index in [1.54, 1.807) is 5.57 Å². The van der Waals surface area contributed by atoms with E-state index < -0.39 is 0 Å². The smallest absolute Gasteiger partial charge is 0.0199 e. The van der Waals surface area contributed by atoms with Crippen LogP contribution in [0.4, 0.5) is 0 Å². The maximum atomic E-state index is 3.80. The molecule has 1 heterocycles. The first-order valence-corrected chi connectivity index (χ1v) is 5.38. The zero-order valence-corrected chi connectivity index (χ0v) is 9.64. The second-order valence-corrected chi connectivity index (χ2v) is 4.30. The first kappa shape index (κ1) is 11.5. The summed E-state index contributed by atoms with van der Waals surface area (Å²) in [6.07, 6.45) is 1.98. The summed E-state index contributed by atoms with van der Waals surface area (Å²) in [4.78, 5) is 2.44. The van der Waals surface area contributed by atoms with E-state index in [0.717, 1.165) is 26.2 Å². The fraction of sp³-hybridized carbons (Fsp3) is 0.667. The van der Waals surface area contributed by atoms with Gasteiger partial charge in [-0.2, -0.15) is 0 Å². The minimum absolute atomic E-state index is 0.594. The summed E-state index contributed by atoms with van der Waals surface area (Å²) in [6.45, 7) is 14.8. The van der Waals surface area contributed by atoms with Gasteiger partial charge in [0, 0.05) is 32.2 Å². The molecule has 0 saturated carbocycles. The van der Waals surface area contributed by atoms with Gasteiger partial charge in [-0.25, -0.2) is 0 Å². The van der Waals surface area contributed by atoms with Crippen molar-refractivity contribution in [1.29, 1.82) is 0 Å². The van der Waals surface area contributed by atoms with Crippen LogP contribution < -0.4 is 5.32 Å². The van der Waals surface area contributed by atoms with Crippen LogP contribution in [-0.2, 0) is 0 Å². The summed E-state index contributed by atoms with van der Waals surface area (Å²) in [5, 5.41) is 3.28. The molecule has 0 unspecified atom stereocenters. The molecule has 1 saturated heterocycles. The van der Waals surface area contributed by atoms with Crippen molar-refractivity contribution in [3.8, 4) is 0 Å². The summed E-state index contributed by atoms with van der Waals surface area (Å²) >= 11 is 0. The van der Waals surface area contributed by atoms with Crippen molar-refractivity contribution in [3.63, 3.8) is 0 Å². The Labute approximate surface area is 87.7 Å². The second kappa shape index (κ2) is 5.32. The van der Waals surface area contributed by atoms with E-state index in [0.29, 0.717) is 6.04 Å². The Morgan fingerprint density at radius 3 is 2.57 bits per heavy atom. The highest BCUT2D eigenvalue weighted by Gasteiger charge is 2.14. The predicted octanol–water partition coefficient (Wildman–Crippen LogP) is 1.80. The molecule has 2 heteroatoms. The molecule has 0 aliphatic carbocycles. The monoisotopic (exact) mass is 194 g/mol. The normalized spacial score (nSPS) is 15.9. The topological polar surface area (TPSA) is 15.3 Å². The van der Waals surface area contributed by atoms with Crippen LogP contribution in [0, 0.1) is 0 Å². The Hall–Kier alpha value is -0.600. The lowest BCUT2D eigenvalue weighted by molar-refractivity contribution is 0.265. The van der Waals surface area contributed by atoms with Gasteiger partial charge in [0.1, 0.15) is 0 Å². The lowest BCUT2D eigenvalue weighted by Gasteiger charge is -2.29. The number of rotatable bonds is 5. The van der Waals surface area contributed by atoms with Crippen molar-refractivity contribution >= 4 is 0 Å². The summed E-state index contributed by atoms with van der Waals surface area (Å²) in [5.41, 5.74) is 3.11.